The highest BCUT2D eigenvalue weighted by molar-refractivity contribution is 7.89. The third-order valence-corrected chi connectivity index (χ3v) is 5.95. The highest BCUT2D eigenvalue weighted by Crippen LogP contribution is 2.28. The summed E-state index contributed by atoms with van der Waals surface area (Å²) >= 11 is 0. The number of methoxy groups -OCH3 is 1. The number of hydrogen-bond acceptors (Lipinski definition) is 5. The van der Waals surface area contributed by atoms with Gasteiger partial charge < -0.3 is 10.1 Å². The second kappa shape index (κ2) is 8.29. The number of anilines is 1. The lowest BCUT2D eigenvalue weighted by atomic mass is 10.1. The van der Waals surface area contributed by atoms with Crippen molar-refractivity contribution in [1.82, 2.24) is 4.31 Å². The van der Waals surface area contributed by atoms with Crippen molar-refractivity contribution in [3.8, 4) is 6.07 Å². The number of rotatable bonds is 7. The molecule has 1 aromatic carbocycles. The van der Waals surface area contributed by atoms with Gasteiger partial charge in [-0.15, -0.1) is 0 Å². The first kappa shape index (κ1) is 18.5. The van der Waals surface area contributed by atoms with Gasteiger partial charge in [0.15, 0.2) is 0 Å². The molecule has 0 spiro atoms. The molecule has 24 heavy (non-hydrogen) atoms. The standard InChI is InChI=1S/C17H23N3O3S/c1-14-6-9-20(10-7-14)24(21,22)17-5-4-15(13-18)12-16(17)19-8-3-11-23-2/h4-5,12,19H,1,3,6-11H2,2H3. The summed E-state index contributed by atoms with van der Waals surface area (Å²) in [6.45, 7) is 5.97. The second-order valence-corrected chi connectivity index (χ2v) is 7.66. The lowest BCUT2D eigenvalue weighted by Crippen LogP contribution is -2.36. The molecule has 0 aromatic heterocycles. The van der Waals surface area contributed by atoms with Crippen LogP contribution in [0.4, 0.5) is 5.69 Å². The Morgan fingerprint density at radius 3 is 2.71 bits per heavy atom. The molecule has 7 heteroatoms. The molecule has 0 bridgehead atoms. The molecule has 1 saturated heterocycles. The minimum Gasteiger partial charge on any atom is -0.385 e. The van der Waals surface area contributed by atoms with E-state index in [0.29, 0.717) is 50.3 Å². The van der Waals surface area contributed by atoms with Gasteiger partial charge in [0.2, 0.25) is 10.0 Å². The van der Waals surface area contributed by atoms with Crippen molar-refractivity contribution in [3.63, 3.8) is 0 Å². The van der Waals surface area contributed by atoms with Gasteiger partial charge in [-0.1, -0.05) is 12.2 Å². The van der Waals surface area contributed by atoms with E-state index in [1.807, 2.05) is 6.07 Å². The number of piperidine rings is 1. The Morgan fingerprint density at radius 1 is 1.38 bits per heavy atom. The van der Waals surface area contributed by atoms with E-state index in [1.54, 1.807) is 13.2 Å². The highest BCUT2D eigenvalue weighted by Gasteiger charge is 2.29. The molecular formula is C17H23N3O3S. The minimum absolute atomic E-state index is 0.214. The van der Waals surface area contributed by atoms with E-state index in [2.05, 4.69) is 11.9 Å². The average Bonchev–Trinajstić information content (AvgIpc) is 2.59. The van der Waals surface area contributed by atoms with E-state index < -0.39 is 10.0 Å². The van der Waals surface area contributed by atoms with Gasteiger partial charge in [-0.3, -0.25) is 0 Å². The first-order valence-electron chi connectivity index (χ1n) is 7.93. The smallest absolute Gasteiger partial charge is 0.245 e. The SMILES string of the molecule is C=C1CCN(S(=O)(=O)c2ccc(C#N)cc2NCCCOC)CC1. The molecule has 2 rings (SSSR count). The second-order valence-electron chi connectivity index (χ2n) is 5.75. The number of benzene rings is 1. The summed E-state index contributed by atoms with van der Waals surface area (Å²) in [5.41, 5.74) is 1.98. The fraction of sp³-hybridized carbons (Fsp3) is 0.471. The van der Waals surface area contributed by atoms with Crippen molar-refractivity contribution in [3.05, 3.63) is 35.9 Å². The topological polar surface area (TPSA) is 82.4 Å². The van der Waals surface area contributed by atoms with Gasteiger partial charge in [0.05, 0.1) is 17.3 Å². The summed E-state index contributed by atoms with van der Waals surface area (Å²) in [7, 11) is -1.97. The Balaban J connectivity index is 2.26. The molecule has 1 aromatic rings. The van der Waals surface area contributed by atoms with Gasteiger partial charge in [0.1, 0.15) is 4.90 Å². The molecule has 0 atom stereocenters. The molecule has 0 amide bonds. The number of sulfonamides is 1. The molecule has 0 radical (unpaired) electrons. The quantitative estimate of drug-likeness (QED) is 0.603. The predicted octanol–water partition coefficient (Wildman–Crippen LogP) is 2.35. The van der Waals surface area contributed by atoms with Crippen LogP contribution >= 0.6 is 0 Å². The van der Waals surface area contributed by atoms with Crippen LogP contribution in [0.5, 0.6) is 0 Å². The Kier molecular flexibility index (Phi) is 6.37. The zero-order valence-electron chi connectivity index (χ0n) is 13.9. The zero-order valence-corrected chi connectivity index (χ0v) is 14.7. The summed E-state index contributed by atoms with van der Waals surface area (Å²) in [6, 6.07) is 6.68. The van der Waals surface area contributed by atoms with Gasteiger partial charge in [-0.25, -0.2) is 8.42 Å². The largest absolute Gasteiger partial charge is 0.385 e. The van der Waals surface area contributed by atoms with Crippen LogP contribution in [0.3, 0.4) is 0 Å². The number of hydrogen-bond donors (Lipinski definition) is 1. The molecule has 6 nitrogen and oxygen atoms in total. The van der Waals surface area contributed by atoms with Gasteiger partial charge in [0, 0.05) is 33.4 Å². The molecule has 1 aliphatic heterocycles. The monoisotopic (exact) mass is 349 g/mol. The van der Waals surface area contributed by atoms with Crippen LogP contribution in [-0.2, 0) is 14.8 Å². The normalized spacial score (nSPS) is 15.9. The van der Waals surface area contributed by atoms with Crippen LogP contribution in [0.1, 0.15) is 24.8 Å². The van der Waals surface area contributed by atoms with Crippen LogP contribution in [0.2, 0.25) is 0 Å². The minimum atomic E-state index is -3.59. The van der Waals surface area contributed by atoms with E-state index in [4.69, 9.17) is 10.00 Å². The Labute approximate surface area is 143 Å². The Morgan fingerprint density at radius 2 is 2.08 bits per heavy atom. The van der Waals surface area contributed by atoms with Crippen LogP contribution in [0.25, 0.3) is 0 Å². The van der Waals surface area contributed by atoms with Crippen molar-refractivity contribution >= 4 is 15.7 Å². The summed E-state index contributed by atoms with van der Waals surface area (Å²) in [6.07, 6.45) is 2.12. The Bertz CT molecular complexity index is 728. The van der Waals surface area contributed by atoms with E-state index in [9.17, 15) is 8.42 Å². The van der Waals surface area contributed by atoms with Crippen LogP contribution in [0.15, 0.2) is 35.2 Å². The lowest BCUT2D eigenvalue weighted by Gasteiger charge is -2.28. The maximum atomic E-state index is 13.0. The van der Waals surface area contributed by atoms with Crippen LogP contribution in [0, 0.1) is 11.3 Å². The zero-order chi connectivity index (χ0) is 17.6. The molecular weight excluding hydrogens is 326 g/mol. The van der Waals surface area contributed by atoms with Crippen LogP contribution < -0.4 is 5.32 Å². The first-order chi connectivity index (χ1) is 11.5. The number of nitrogens with one attached hydrogen (secondary N) is 1. The summed E-state index contributed by atoms with van der Waals surface area (Å²) in [5.74, 6) is 0. The van der Waals surface area contributed by atoms with E-state index in [-0.39, 0.29) is 4.90 Å². The molecule has 0 aliphatic carbocycles. The third-order valence-electron chi connectivity index (χ3n) is 4.00. The molecule has 130 valence electrons. The number of ether oxygens (including phenoxy) is 1. The van der Waals surface area contributed by atoms with Crippen molar-refractivity contribution < 1.29 is 13.2 Å². The van der Waals surface area contributed by atoms with Gasteiger partial charge in [0.25, 0.3) is 0 Å². The van der Waals surface area contributed by atoms with E-state index in [1.165, 1.54) is 16.4 Å². The van der Waals surface area contributed by atoms with Gasteiger partial charge in [-0.05, 0) is 37.5 Å². The van der Waals surface area contributed by atoms with Crippen molar-refractivity contribution in [2.45, 2.75) is 24.2 Å². The molecule has 0 saturated carbocycles. The maximum absolute atomic E-state index is 13.0. The van der Waals surface area contributed by atoms with E-state index in [0.717, 1.165) is 12.0 Å². The average molecular weight is 349 g/mol. The Hall–Kier alpha value is -1.88. The third kappa shape index (κ3) is 4.35. The number of nitrogens with zero attached hydrogens (tertiary/aromatic N) is 2. The molecule has 1 aliphatic rings. The molecule has 1 heterocycles. The summed E-state index contributed by atoms with van der Waals surface area (Å²) < 4.78 is 32.4. The lowest BCUT2D eigenvalue weighted by molar-refractivity contribution is 0.198. The molecule has 1 fully saturated rings. The van der Waals surface area contributed by atoms with E-state index >= 15 is 0 Å². The molecule has 0 unspecified atom stereocenters. The predicted molar refractivity (Wildman–Crippen MR) is 93.3 cm³/mol. The fourth-order valence-corrected chi connectivity index (χ4v) is 4.17. The highest BCUT2D eigenvalue weighted by atomic mass is 32.2. The van der Waals surface area contributed by atoms with Gasteiger partial charge >= 0.3 is 0 Å². The fourth-order valence-electron chi connectivity index (χ4n) is 2.58. The molecule has 1 N–H and O–H groups in total. The van der Waals surface area contributed by atoms with Gasteiger partial charge in [-0.2, -0.15) is 9.57 Å². The summed E-state index contributed by atoms with van der Waals surface area (Å²) in [5, 5.41) is 12.2. The van der Waals surface area contributed by atoms with Crippen molar-refractivity contribution in [2.75, 3.05) is 38.7 Å². The maximum Gasteiger partial charge on any atom is 0.245 e. The summed E-state index contributed by atoms with van der Waals surface area (Å²) in [4.78, 5) is 0.214. The number of nitriles is 1. The van der Waals surface area contributed by atoms with Crippen molar-refractivity contribution in [2.24, 2.45) is 0 Å². The van der Waals surface area contributed by atoms with Crippen molar-refractivity contribution in [1.29, 1.82) is 5.26 Å². The first-order valence-corrected chi connectivity index (χ1v) is 9.37. The van der Waals surface area contributed by atoms with Crippen LogP contribution in [-0.4, -0.2) is 46.1 Å².